The number of aromatic nitrogens is 2. The van der Waals surface area contributed by atoms with E-state index in [0.717, 1.165) is 19.4 Å². The molecule has 1 aliphatic heterocycles. The highest BCUT2D eigenvalue weighted by Gasteiger charge is 2.39. The van der Waals surface area contributed by atoms with E-state index in [4.69, 9.17) is 5.11 Å². The normalized spacial score (nSPS) is 21.9. The zero-order valence-electron chi connectivity index (χ0n) is 11.5. The molecular formula is C13H20N4O3. The molecule has 20 heavy (non-hydrogen) atoms. The number of hydrogen-bond donors (Lipinski definition) is 2. The average Bonchev–Trinajstić information content (AvgIpc) is 3.03. The molecule has 2 unspecified atom stereocenters. The summed E-state index contributed by atoms with van der Waals surface area (Å²) in [6, 6.07) is 0.852. The number of carbonyl (C=O) groups excluding carboxylic acids is 1. The van der Waals surface area contributed by atoms with Crippen LogP contribution in [0.2, 0.25) is 0 Å². The lowest BCUT2D eigenvalue weighted by atomic mass is 10.0. The number of rotatable bonds is 5. The Morgan fingerprint density at radius 2 is 2.30 bits per heavy atom. The van der Waals surface area contributed by atoms with E-state index in [1.807, 2.05) is 19.2 Å². The second-order valence-corrected chi connectivity index (χ2v) is 5.10. The van der Waals surface area contributed by atoms with Crippen LogP contribution in [0.1, 0.15) is 19.8 Å². The van der Waals surface area contributed by atoms with Gasteiger partial charge in [0.1, 0.15) is 6.04 Å². The summed E-state index contributed by atoms with van der Waals surface area (Å²) >= 11 is 0. The van der Waals surface area contributed by atoms with Crippen LogP contribution in [-0.2, 0) is 11.3 Å². The Hall–Kier alpha value is -2.05. The number of carbonyl (C=O) groups is 2. The van der Waals surface area contributed by atoms with Gasteiger partial charge in [0, 0.05) is 32.0 Å². The van der Waals surface area contributed by atoms with Crippen molar-refractivity contribution in [3.8, 4) is 0 Å². The fourth-order valence-corrected chi connectivity index (χ4v) is 2.52. The van der Waals surface area contributed by atoms with Crippen LogP contribution < -0.4 is 5.32 Å². The molecule has 0 saturated carbocycles. The molecule has 2 rings (SSSR count). The minimum absolute atomic E-state index is 0.00215. The summed E-state index contributed by atoms with van der Waals surface area (Å²) in [7, 11) is 0. The van der Waals surface area contributed by atoms with Crippen molar-refractivity contribution >= 4 is 12.0 Å². The quantitative estimate of drug-likeness (QED) is 0.780. The molecule has 2 atom stereocenters. The first-order chi connectivity index (χ1) is 9.59. The number of amides is 2. The number of nitrogens with zero attached hydrogens (tertiary/aromatic N) is 3. The number of urea groups is 1. The number of hydrogen-bond acceptors (Lipinski definition) is 3. The Kier molecular flexibility index (Phi) is 4.60. The average molecular weight is 280 g/mol. The summed E-state index contributed by atoms with van der Waals surface area (Å²) in [5.41, 5.74) is 0. The molecule has 1 aliphatic rings. The van der Waals surface area contributed by atoms with Crippen molar-refractivity contribution in [2.45, 2.75) is 32.4 Å². The van der Waals surface area contributed by atoms with Gasteiger partial charge in [-0.25, -0.2) is 9.59 Å². The number of nitrogens with one attached hydrogen (secondary N) is 1. The first-order valence-electron chi connectivity index (χ1n) is 6.84. The SMILES string of the molecule is CC1CCN(C(=O)NCCCn2cccn2)C1C(=O)O. The molecule has 1 aromatic rings. The van der Waals surface area contributed by atoms with Crippen molar-refractivity contribution in [3.63, 3.8) is 0 Å². The largest absolute Gasteiger partial charge is 0.480 e. The van der Waals surface area contributed by atoms with E-state index in [9.17, 15) is 9.59 Å². The molecule has 110 valence electrons. The van der Waals surface area contributed by atoms with E-state index >= 15 is 0 Å². The lowest BCUT2D eigenvalue weighted by Gasteiger charge is -2.23. The summed E-state index contributed by atoms with van der Waals surface area (Å²) in [4.78, 5) is 24.6. The van der Waals surface area contributed by atoms with Gasteiger partial charge in [0.2, 0.25) is 0 Å². The van der Waals surface area contributed by atoms with E-state index in [1.54, 1.807) is 10.9 Å². The van der Waals surface area contributed by atoms with E-state index < -0.39 is 12.0 Å². The van der Waals surface area contributed by atoms with Crippen LogP contribution in [0.15, 0.2) is 18.5 Å². The van der Waals surface area contributed by atoms with Gasteiger partial charge >= 0.3 is 12.0 Å². The highest BCUT2D eigenvalue weighted by molar-refractivity contribution is 5.83. The van der Waals surface area contributed by atoms with Gasteiger partial charge < -0.3 is 15.3 Å². The lowest BCUT2D eigenvalue weighted by molar-refractivity contribution is -0.142. The molecule has 1 saturated heterocycles. The fraction of sp³-hybridized carbons (Fsp3) is 0.615. The van der Waals surface area contributed by atoms with Crippen LogP contribution in [-0.4, -0.2) is 50.9 Å². The van der Waals surface area contributed by atoms with Crippen LogP contribution in [0, 0.1) is 5.92 Å². The summed E-state index contributed by atoms with van der Waals surface area (Å²) < 4.78 is 1.80. The Morgan fingerprint density at radius 1 is 1.50 bits per heavy atom. The molecule has 1 fully saturated rings. The van der Waals surface area contributed by atoms with Gasteiger partial charge in [-0.05, 0) is 24.8 Å². The third-order valence-electron chi connectivity index (χ3n) is 3.61. The second kappa shape index (κ2) is 6.40. The van der Waals surface area contributed by atoms with Crippen LogP contribution in [0.4, 0.5) is 4.79 Å². The van der Waals surface area contributed by atoms with E-state index in [1.165, 1.54) is 4.90 Å². The maximum atomic E-state index is 12.0. The van der Waals surface area contributed by atoms with Gasteiger partial charge in [-0.2, -0.15) is 5.10 Å². The maximum absolute atomic E-state index is 12.0. The van der Waals surface area contributed by atoms with Crippen LogP contribution >= 0.6 is 0 Å². The standard InChI is InChI=1S/C13H20N4O3/c1-10-4-9-17(11(10)12(18)19)13(20)14-5-2-7-16-8-3-6-15-16/h3,6,8,10-11H,2,4-5,7,9H2,1H3,(H,14,20)(H,18,19). The molecule has 1 aromatic heterocycles. The molecule has 0 spiro atoms. The third-order valence-corrected chi connectivity index (χ3v) is 3.61. The first-order valence-corrected chi connectivity index (χ1v) is 6.84. The van der Waals surface area contributed by atoms with Gasteiger partial charge in [0.15, 0.2) is 0 Å². The predicted octanol–water partition coefficient (Wildman–Crippen LogP) is 0.778. The predicted molar refractivity (Wildman–Crippen MR) is 72.2 cm³/mol. The molecular weight excluding hydrogens is 260 g/mol. The Balaban J connectivity index is 1.75. The smallest absolute Gasteiger partial charge is 0.326 e. The first kappa shape index (κ1) is 14.4. The highest BCUT2D eigenvalue weighted by atomic mass is 16.4. The fourth-order valence-electron chi connectivity index (χ4n) is 2.52. The number of aliphatic carboxylic acids is 1. The Bertz CT molecular complexity index is 460. The molecule has 2 N–H and O–H groups in total. The third kappa shape index (κ3) is 3.28. The van der Waals surface area contributed by atoms with Gasteiger partial charge in [-0.1, -0.05) is 6.92 Å². The van der Waals surface area contributed by atoms with E-state index in [0.29, 0.717) is 13.1 Å². The number of likely N-dealkylation sites (tertiary alicyclic amines) is 1. The van der Waals surface area contributed by atoms with Crippen molar-refractivity contribution in [1.29, 1.82) is 0 Å². The minimum Gasteiger partial charge on any atom is -0.480 e. The summed E-state index contributed by atoms with van der Waals surface area (Å²) in [5.74, 6) is -0.927. The lowest BCUT2D eigenvalue weighted by Crippen LogP contribution is -2.47. The van der Waals surface area contributed by atoms with Crippen LogP contribution in [0.5, 0.6) is 0 Å². The second-order valence-electron chi connectivity index (χ2n) is 5.10. The summed E-state index contributed by atoms with van der Waals surface area (Å²) in [5, 5.41) is 16.0. The molecule has 7 heteroatoms. The van der Waals surface area contributed by atoms with Crippen molar-refractivity contribution < 1.29 is 14.7 Å². The molecule has 2 heterocycles. The van der Waals surface area contributed by atoms with Crippen molar-refractivity contribution in [1.82, 2.24) is 20.0 Å². The Labute approximate surface area is 117 Å². The van der Waals surface area contributed by atoms with Crippen molar-refractivity contribution in [3.05, 3.63) is 18.5 Å². The number of carboxylic acid groups (broad SMARTS) is 1. The Morgan fingerprint density at radius 3 is 2.95 bits per heavy atom. The molecule has 0 aromatic carbocycles. The van der Waals surface area contributed by atoms with Gasteiger partial charge in [0.05, 0.1) is 0 Å². The van der Waals surface area contributed by atoms with Gasteiger partial charge in [0.25, 0.3) is 0 Å². The van der Waals surface area contributed by atoms with E-state index in [-0.39, 0.29) is 11.9 Å². The van der Waals surface area contributed by atoms with Crippen molar-refractivity contribution in [2.24, 2.45) is 5.92 Å². The number of carboxylic acids is 1. The highest BCUT2D eigenvalue weighted by Crippen LogP contribution is 2.23. The monoisotopic (exact) mass is 280 g/mol. The van der Waals surface area contributed by atoms with Crippen LogP contribution in [0.3, 0.4) is 0 Å². The van der Waals surface area contributed by atoms with Crippen LogP contribution in [0.25, 0.3) is 0 Å². The van der Waals surface area contributed by atoms with Crippen molar-refractivity contribution in [2.75, 3.05) is 13.1 Å². The molecule has 2 amide bonds. The molecule has 0 aliphatic carbocycles. The molecule has 0 bridgehead atoms. The zero-order chi connectivity index (χ0) is 14.5. The minimum atomic E-state index is -0.929. The molecule has 0 radical (unpaired) electrons. The van der Waals surface area contributed by atoms with Gasteiger partial charge in [-0.15, -0.1) is 0 Å². The van der Waals surface area contributed by atoms with E-state index in [2.05, 4.69) is 10.4 Å². The molecule has 7 nitrogen and oxygen atoms in total. The van der Waals surface area contributed by atoms with Gasteiger partial charge in [-0.3, -0.25) is 4.68 Å². The maximum Gasteiger partial charge on any atom is 0.326 e. The zero-order valence-corrected chi connectivity index (χ0v) is 11.5. The summed E-state index contributed by atoms with van der Waals surface area (Å²) in [6.07, 6.45) is 5.07. The topological polar surface area (TPSA) is 87.5 Å². The number of aryl methyl sites for hydroxylation is 1. The summed E-state index contributed by atoms with van der Waals surface area (Å²) in [6.45, 7) is 3.61.